The Hall–Kier alpha value is -1.42. The molecule has 2 fully saturated rings. The molecular weight excluding hydrogens is 298 g/mol. The molecule has 1 aromatic carbocycles. The Morgan fingerprint density at radius 3 is 2.74 bits per heavy atom. The van der Waals surface area contributed by atoms with E-state index >= 15 is 0 Å². The normalized spacial score (nSPS) is 38.7. The first-order valence-corrected chi connectivity index (χ1v) is 8.47. The Kier molecular flexibility index (Phi) is 3.31. The zero-order chi connectivity index (χ0) is 16.4. The zero-order valence-electron chi connectivity index (χ0n) is 13.2. The van der Waals surface area contributed by atoms with E-state index in [0.29, 0.717) is 24.3 Å². The number of halogens is 2. The number of allylic oxidation sites excluding steroid dienone is 1. The van der Waals surface area contributed by atoms with Gasteiger partial charge in [-0.15, -0.1) is 0 Å². The van der Waals surface area contributed by atoms with E-state index in [4.69, 9.17) is 0 Å². The van der Waals surface area contributed by atoms with Crippen LogP contribution in [-0.2, 0) is 0 Å². The Balaban J connectivity index is 1.75. The summed E-state index contributed by atoms with van der Waals surface area (Å²) in [5, 5.41) is 20.2. The molecule has 0 unspecified atom stereocenters. The summed E-state index contributed by atoms with van der Waals surface area (Å²) >= 11 is 0. The molecule has 0 bridgehead atoms. The summed E-state index contributed by atoms with van der Waals surface area (Å²) in [6.45, 7) is 1.99. The van der Waals surface area contributed by atoms with Crippen molar-refractivity contribution in [1.29, 1.82) is 0 Å². The van der Waals surface area contributed by atoms with E-state index in [1.807, 2.05) is 13.0 Å². The molecule has 0 aromatic heterocycles. The fourth-order valence-electron chi connectivity index (χ4n) is 5.70. The number of phenolic OH excluding ortho intramolecular Hbond substituents is 1. The smallest absolute Gasteiger partial charge is 0.270 e. The summed E-state index contributed by atoms with van der Waals surface area (Å²) in [6, 6.07) is 5.24. The van der Waals surface area contributed by atoms with Gasteiger partial charge in [0.1, 0.15) is 5.75 Å². The maximum absolute atomic E-state index is 13.3. The van der Waals surface area contributed by atoms with Gasteiger partial charge in [0, 0.05) is 5.57 Å². The van der Waals surface area contributed by atoms with Gasteiger partial charge in [-0.3, -0.25) is 0 Å². The molecule has 0 aliphatic heterocycles. The lowest BCUT2D eigenvalue weighted by atomic mass is 9.55. The third-order valence-corrected chi connectivity index (χ3v) is 6.77. The molecule has 3 aliphatic rings. The average molecular weight is 320 g/mol. The third kappa shape index (κ3) is 2.07. The van der Waals surface area contributed by atoms with E-state index in [2.05, 4.69) is 0 Å². The number of fused-ring (bicyclic) bond motifs is 5. The maximum atomic E-state index is 13.3. The van der Waals surface area contributed by atoms with Gasteiger partial charge in [-0.1, -0.05) is 13.0 Å². The predicted octanol–water partition coefficient (Wildman–Crippen LogP) is 4.89. The van der Waals surface area contributed by atoms with Crippen molar-refractivity contribution < 1.29 is 19.0 Å². The Bertz CT molecular complexity index is 680. The molecule has 2 saturated carbocycles. The summed E-state index contributed by atoms with van der Waals surface area (Å²) in [6.07, 6.45) is 1.46. The molecule has 23 heavy (non-hydrogen) atoms. The summed E-state index contributed by atoms with van der Waals surface area (Å²) in [7, 11) is 0. The number of rotatable bonds is 0. The molecule has 0 spiro atoms. The van der Waals surface area contributed by atoms with Crippen LogP contribution in [0, 0.1) is 17.3 Å². The molecule has 124 valence electrons. The molecule has 5 atom stereocenters. The fourth-order valence-corrected chi connectivity index (χ4v) is 5.70. The van der Waals surface area contributed by atoms with Crippen LogP contribution in [0.3, 0.4) is 0 Å². The van der Waals surface area contributed by atoms with Gasteiger partial charge in [-0.05, 0) is 78.5 Å². The Morgan fingerprint density at radius 1 is 1.22 bits per heavy atom. The van der Waals surface area contributed by atoms with Gasteiger partial charge in [0.25, 0.3) is 6.08 Å². The third-order valence-electron chi connectivity index (χ3n) is 6.77. The number of benzene rings is 1. The quantitative estimate of drug-likeness (QED) is 0.714. The van der Waals surface area contributed by atoms with Crippen LogP contribution in [0.2, 0.25) is 0 Å². The largest absolute Gasteiger partial charge is 0.508 e. The van der Waals surface area contributed by atoms with E-state index < -0.39 is 17.6 Å². The lowest BCUT2D eigenvalue weighted by molar-refractivity contribution is 0.0291. The van der Waals surface area contributed by atoms with Crippen molar-refractivity contribution in [3.8, 4) is 5.75 Å². The van der Waals surface area contributed by atoms with Crippen LogP contribution in [0.1, 0.15) is 62.2 Å². The fraction of sp³-hybridized carbons (Fsp3) is 0.579. The second-order valence-corrected chi connectivity index (χ2v) is 7.68. The number of aromatic hydroxyl groups is 1. The molecule has 0 radical (unpaired) electrons. The van der Waals surface area contributed by atoms with Crippen LogP contribution in [-0.4, -0.2) is 10.2 Å². The summed E-state index contributed by atoms with van der Waals surface area (Å²) in [4.78, 5) is 0. The molecule has 4 rings (SSSR count). The molecule has 0 saturated heterocycles. The van der Waals surface area contributed by atoms with Crippen molar-refractivity contribution in [3.05, 3.63) is 41.0 Å². The SMILES string of the molecule is C[C@]12CC[C@@H]3c4ccc(O)cc4[C@@H](O)C[C@H]3[C@@H]1CCC2=C(F)F. The standard InChI is InChI=1S/C19H22F2O2/c1-19-7-6-12-11-3-2-10(22)8-14(11)17(23)9-13(12)15(19)4-5-16(19)18(20)21/h2-3,8,12-13,15,17,22-23H,4-7,9H2,1H3/t12-,13-,15+,17+,19+/m1/s1. The summed E-state index contributed by atoms with van der Waals surface area (Å²) < 4.78 is 26.7. The predicted molar refractivity (Wildman–Crippen MR) is 83.2 cm³/mol. The van der Waals surface area contributed by atoms with Crippen molar-refractivity contribution in [2.45, 2.75) is 51.0 Å². The van der Waals surface area contributed by atoms with Crippen molar-refractivity contribution in [2.24, 2.45) is 17.3 Å². The van der Waals surface area contributed by atoms with Crippen molar-refractivity contribution in [3.63, 3.8) is 0 Å². The second-order valence-electron chi connectivity index (χ2n) is 7.68. The molecule has 0 heterocycles. The number of hydrogen-bond acceptors (Lipinski definition) is 2. The molecule has 1 aromatic rings. The van der Waals surface area contributed by atoms with Crippen molar-refractivity contribution in [2.75, 3.05) is 0 Å². The van der Waals surface area contributed by atoms with Crippen LogP contribution in [0.5, 0.6) is 5.75 Å². The molecular formula is C19H22F2O2. The van der Waals surface area contributed by atoms with Crippen LogP contribution >= 0.6 is 0 Å². The number of aliphatic hydroxyl groups excluding tert-OH is 1. The van der Waals surface area contributed by atoms with E-state index in [1.54, 1.807) is 12.1 Å². The topological polar surface area (TPSA) is 40.5 Å². The molecule has 3 aliphatic carbocycles. The number of aliphatic hydroxyl groups is 1. The van der Waals surface area contributed by atoms with Crippen LogP contribution < -0.4 is 0 Å². The highest BCUT2D eigenvalue weighted by Crippen LogP contribution is 2.64. The summed E-state index contributed by atoms with van der Waals surface area (Å²) in [5.74, 6) is 0.952. The van der Waals surface area contributed by atoms with Gasteiger partial charge in [-0.25, -0.2) is 0 Å². The molecule has 2 nitrogen and oxygen atoms in total. The van der Waals surface area contributed by atoms with E-state index in [-0.39, 0.29) is 17.6 Å². The Morgan fingerprint density at radius 2 is 2.00 bits per heavy atom. The lowest BCUT2D eigenvalue weighted by Gasteiger charge is -2.50. The first-order chi connectivity index (χ1) is 10.9. The van der Waals surface area contributed by atoms with Gasteiger partial charge >= 0.3 is 0 Å². The highest BCUT2D eigenvalue weighted by atomic mass is 19.3. The number of hydrogen-bond donors (Lipinski definition) is 2. The minimum Gasteiger partial charge on any atom is -0.508 e. The zero-order valence-corrected chi connectivity index (χ0v) is 13.2. The van der Waals surface area contributed by atoms with Gasteiger partial charge in [0.2, 0.25) is 0 Å². The first kappa shape index (κ1) is 15.1. The van der Waals surface area contributed by atoms with Gasteiger partial charge in [-0.2, -0.15) is 8.78 Å². The maximum Gasteiger partial charge on any atom is 0.270 e. The second kappa shape index (κ2) is 5.04. The molecule has 2 N–H and O–H groups in total. The molecule has 0 amide bonds. The van der Waals surface area contributed by atoms with Gasteiger partial charge in [0.05, 0.1) is 6.10 Å². The average Bonchev–Trinajstić information content (AvgIpc) is 2.85. The Labute approximate surface area is 134 Å². The first-order valence-electron chi connectivity index (χ1n) is 8.47. The lowest BCUT2D eigenvalue weighted by Crippen LogP contribution is -2.41. The van der Waals surface area contributed by atoms with Crippen LogP contribution in [0.4, 0.5) is 8.78 Å². The van der Waals surface area contributed by atoms with Crippen molar-refractivity contribution >= 4 is 0 Å². The molecule has 4 heteroatoms. The van der Waals surface area contributed by atoms with Gasteiger partial charge < -0.3 is 10.2 Å². The highest BCUT2D eigenvalue weighted by molar-refractivity contribution is 5.42. The van der Waals surface area contributed by atoms with Crippen LogP contribution in [0.15, 0.2) is 29.9 Å². The monoisotopic (exact) mass is 320 g/mol. The highest BCUT2D eigenvalue weighted by Gasteiger charge is 2.54. The van der Waals surface area contributed by atoms with E-state index in [1.165, 1.54) is 0 Å². The minimum absolute atomic E-state index is 0.174. The summed E-state index contributed by atoms with van der Waals surface area (Å²) in [5.41, 5.74) is 1.87. The van der Waals surface area contributed by atoms with Crippen molar-refractivity contribution in [1.82, 2.24) is 0 Å². The van der Waals surface area contributed by atoms with E-state index in [0.717, 1.165) is 30.4 Å². The number of phenols is 1. The van der Waals surface area contributed by atoms with E-state index in [9.17, 15) is 19.0 Å². The van der Waals surface area contributed by atoms with Crippen LogP contribution in [0.25, 0.3) is 0 Å². The minimum atomic E-state index is -1.49. The van der Waals surface area contributed by atoms with Gasteiger partial charge in [0.15, 0.2) is 0 Å².